The number of aliphatic hydroxyl groups is 2. The van der Waals surface area contributed by atoms with Crippen LogP contribution in [0.1, 0.15) is 0 Å². The molecule has 0 aliphatic carbocycles. The molecule has 0 aliphatic rings. The van der Waals surface area contributed by atoms with Crippen molar-refractivity contribution in [2.24, 2.45) is 0 Å². The second-order valence-electron chi connectivity index (χ2n) is 3.67. The summed E-state index contributed by atoms with van der Waals surface area (Å²) in [6.45, 7) is -0.175. The van der Waals surface area contributed by atoms with E-state index in [1.807, 2.05) is 0 Å². The molecule has 1 aromatic carbocycles. The fourth-order valence-corrected chi connectivity index (χ4v) is 1.46. The molecule has 1 heterocycles. The lowest BCUT2D eigenvalue weighted by Crippen LogP contribution is -2.23. The molecule has 1 unspecified atom stereocenters. The maximum Gasteiger partial charge on any atom is 0.417 e. The Morgan fingerprint density at radius 2 is 2.29 bits per heavy atom. The molecule has 1 atom stereocenters. The van der Waals surface area contributed by atoms with Gasteiger partial charge < -0.3 is 25.7 Å². The molecular weight excluding hydrogens is 226 g/mol. The van der Waals surface area contributed by atoms with E-state index in [1.165, 1.54) is 6.07 Å². The first kappa shape index (κ1) is 11.5. The van der Waals surface area contributed by atoms with Crippen molar-refractivity contribution in [1.29, 1.82) is 0 Å². The number of H-pyrrole nitrogens is 1. The van der Waals surface area contributed by atoms with Crippen molar-refractivity contribution in [3.05, 3.63) is 22.7 Å². The number of oxazole rings is 1. The Morgan fingerprint density at radius 1 is 1.53 bits per heavy atom. The van der Waals surface area contributed by atoms with Gasteiger partial charge in [0.05, 0.1) is 29.6 Å². The van der Waals surface area contributed by atoms with Gasteiger partial charge in [0.2, 0.25) is 0 Å². The van der Waals surface area contributed by atoms with Crippen molar-refractivity contribution in [1.82, 2.24) is 4.98 Å². The van der Waals surface area contributed by atoms with Gasteiger partial charge in [-0.15, -0.1) is 0 Å². The fraction of sp³-hybridized carbons (Fsp3) is 0.300. The summed E-state index contributed by atoms with van der Waals surface area (Å²) < 4.78 is 4.84. The van der Waals surface area contributed by atoms with Gasteiger partial charge in [-0.25, -0.2) is 4.79 Å². The maximum atomic E-state index is 11.0. The van der Waals surface area contributed by atoms with Gasteiger partial charge in [-0.2, -0.15) is 0 Å². The summed E-state index contributed by atoms with van der Waals surface area (Å²) in [5, 5.41) is 20.7. The predicted molar refractivity (Wildman–Crippen MR) is 62.8 cm³/mol. The van der Waals surface area contributed by atoms with E-state index < -0.39 is 11.9 Å². The maximum absolute atomic E-state index is 11.0. The van der Waals surface area contributed by atoms with Gasteiger partial charge in [0.25, 0.3) is 0 Å². The van der Waals surface area contributed by atoms with Gasteiger partial charge in [0.1, 0.15) is 0 Å². The Kier molecular flexibility index (Phi) is 3.03. The van der Waals surface area contributed by atoms with Crippen molar-refractivity contribution >= 4 is 22.5 Å². The minimum atomic E-state index is -0.867. The van der Waals surface area contributed by atoms with E-state index in [4.69, 9.17) is 15.3 Å². The number of anilines is 2. The minimum absolute atomic E-state index is 0.161. The van der Waals surface area contributed by atoms with Crippen LogP contribution in [0.25, 0.3) is 11.1 Å². The van der Waals surface area contributed by atoms with Gasteiger partial charge in [0.15, 0.2) is 5.58 Å². The van der Waals surface area contributed by atoms with Crippen LogP contribution in [0.2, 0.25) is 0 Å². The van der Waals surface area contributed by atoms with Gasteiger partial charge in [-0.3, -0.25) is 4.98 Å². The van der Waals surface area contributed by atoms with Gasteiger partial charge >= 0.3 is 5.76 Å². The highest BCUT2D eigenvalue weighted by Gasteiger charge is 2.08. The molecule has 6 N–H and O–H groups in total. The zero-order valence-corrected chi connectivity index (χ0v) is 8.93. The fourth-order valence-electron chi connectivity index (χ4n) is 1.46. The molecule has 0 radical (unpaired) electrons. The molecule has 17 heavy (non-hydrogen) atoms. The van der Waals surface area contributed by atoms with Crippen LogP contribution in [0.3, 0.4) is 0 Å². The zero-order valence-electron chi connectivity index (χ0n) is 8.93. The quantitative estimate of drug-likeness (QED) is 0.457. The third-order valence-electron chi connectivity index (χ3n) is 2.33. The summed E-state index contributed by atoms with van der Waals surface area (Å²) in [7, 11) is 0. The van der Waals surface area contributed by atoms with Gasteiger partial charge in [0, 0.05) is 12.6 Å². The summed E-state index contributed by atoms with van der Waals surface area (Å²) in [6, 6.07) is 3.13. The topological polar surface area (TPSA) is 125 Å². The van der Waals surface area contributed by atoms with Crippen LogP contribution in [0.5, 0.6) is 0 Å². The molecule has 7 heteroatoms. The first-order valence-electron chi connectivity index (χ1n) is 5.05. The number of nitrogens with two attached hydrogens (primary N) is 1. The molecule has 0 bridgehead atoms. The van der Waals surface area contributed by atoms with E-state index in [0.717, 1.165) is 0 Å². The Labute approximate surface area is 95.9 Å². The highest BCUT2D eigenvalue weighted by Crippen LogP contribution is 2.24. The number of nitrogens with one attached hydrogen (secondary N) is 2. The van der Waals surface area contributed by atoms with Crippen LogP contribution in [-0.4, -0.2) is 34.5 Å². The summed E-state index contributed by atoms with van der Waals surface area (Å²) in [5.74, 6) is -0.549. The number of fused-ring (bicyclic) bond motifs is 1. The van der Waals surface area contributed by atoms with E-state index in [9.17, 15) is 9.90 Å². The highest BCUT2D eigenvalue weighted by atomic mass is 16.4. The molecule has 0 fully saturated rings. The lowest BCUT2D eigenvalue weighted by molar-refractivity contribution is 0.105. The van der Waals surface area contributed by atoms with Crippen molar-refractivity contribution < 1.29 is 14.6 Å². The molecule has 92 valence electrons. The Morgan fingerprint density at radius 3 is 3.00 bits per heavy atom. The van der Waals surface area contributed by atoms with Gasteiger partial charge in [-0.1, -0.05) is 0 Å². The van der Waals surface area contributed by atoms with Crippen molar-refractivity contribution in [2.75, 3.05) is 24.2 Å². The Hall–Kier alpha value is -1.99. The third-order valence-corrected chi connectivity index (χ3v) is 2.33. The number of benzene rings is 1. The van der Waals surface area contributed by atoms with Crippen LogP contribution >= 0.6 is 0 Å². The van der Waals surface area contributed by atoms with E-state index in [-0.39, 0.29) is 13.2 Å². The van der Waals surface area contributed by atoms with Crippen LogP contribution in [0, 0.1) is 0 Å². The number of hydrogen-bond donors (Lipinski definition) is 5. The SMILES string of the molecule is Nc1cc2oc(=O)[nH]c2cc1NCC(O)CO. The van der Waals surface area contributed by atoms with Crippen LogP contribution in [-0.2, 0) is 0 Å². The summed E-state index contributed by atoms with van der Waals surface area (Å²) >= 11 is 0. The lowest BCUT2D eigenvalue weighted by Gasteiger charge is -2.11. The van der Waals surface area contributed by atoms with Crippen LogP contribution in [0.4, 0.5) is 11.4 Å². The molecule has 2 rings (SSSR count). The molecular formula is C10H13N3O4. The number of aromatic nitrogens is 1. The van der Waals surface area contributed by atoms with E-state index in [1.54, 1.807) is 6.07 Å². The van der Waals surface area contributed by atoms with Crippen molar-refractivity contribution in [3.63, 3.8) is 0 Å². The van der Waals surface area contributed by atoms with Crippen molar-refractivity contribution in [3.8, 4) is 0 Å². The van der Waals surface area contributed by atoms with E-state index >= 15 is 0 Å². The average molecular weight is 239 g/mol. The Balaban J connectivity index is 2.27. The average Bonchev–Trinajstić information content (AvgIpc) is 2.64. The summed E-state index contributed by atoms with van der Waals surface area (Å²) in [4.78, 5) is 13.5. The lowest BCUT2D eigenvalue weighted by atomic mass is 10.2. The zero-order chi connectivity index (χ0) is 12.4. The van der Waals surface area contributed by atoms with E-state index in [0.29, 0.717) is 22.5 Å². The first-order chi connectivity index (χ1) is 8.10. The normalized spacial score (nSPS) is 12.8. The second-order valence-corrected chi connectivity index (χ2v) is 3.67. The minimum Gasteiger partial charge on any atom is -0.408 e. The smallest absolute Gasteiger partial charge is 0.408 e. The molecule has 2 aromatic rings. The first-order valence-corrected chi connectivity index (χ1v) is 5.05. The van der Waals surface area contributed by atoms with Crippen molar-refractivity contribution in [2.45, 2.75) is 6.10 Å². The van der Waals surface area contributed by atoms with Crippen LogP contribution in [0.15, 0.2) is 21.3 Å². The highest BCUT2D eigenvalue weighted by molar-refractivity contribution is 5.85. The molecule has 0 amide bonds. The number of nitrogen functional groups attached to an aromatic ring is 1. The molecule has 1 aromatic heterocycles. The molecule has 0 saturated carbocycles. The Bertz CT molecular complexity index is 574. The number of hydrogen-bond acceptors (Lipinski definition) is 6. The largest absolute Gasteiger partial charge is 0.417 e. The molecule has 0 spiro atoms. The number of rotatable bonds is 4. The number of aromatic amines is 1. The van der Waals surface area contributed by atoms with Crippen LogP contribution < -0.4 is 16.8 Å². The molecule has 7 nitrogen and oxygen atoms in total. The monoisotopic (exact) mass is 239 g/mol. The molecule has 0 saturated heterocycles. The second kappa shape index (κ2) is 4.48. The summed E-state index contributed by atoms with van der Waals surface area (Å²) in [5.41, 5.74) is 7.59. The number of aliphatic hydroxyl groups excluding tert-OH is 2. The van der Waals surface area contributed by atoms with E-state index in [2.05, 4.69) is 10.3 Å². The third kappa shape index (κ3) is 2.40. The standard InChI is InChI=1S/C10H13N3O4/c11-6-1-9-8(13-10(16)17-9)2-7(6)12-3-5(15)4-14/h1-2,5,12,14-15H,3-4,11H2,(H,13,16). The summed E-state index contributed by atoms with van der Waals surface area (Å²) in [6.07, 6.45) is -0.867. The molecule has 0 aliphatic heterocycles. The van der Waals surface area contributed by atoms with Gasteiger partial charge in [-0.05, 0) is 6.07 Å². The predicted octanol–water partition coefficient (Wildman–Crippen LogP) is -0.532.